The second-order valence-corrected chi connectivity index (χ2v) is 6.81. The summed E-state index contributed by atoms with van der Waals surface area (Å²) in [5.41, 5.74) is -0.602. The highest BCUT2D eigenvalue weighted by Gasteiger charge is 2.20. The number of hydrogen-bond acceptors (Lipinski definition) is 4. The lowest BCUT2D eigenvalue weighted by Crippen LogP contribution is -2.12. The first kappa shape index (κ1) is 15.0. The minimum absolute atomic E-state index is 0.0117. The molecular formula is C11H13FO4S2. The fraction of sp³-hybridized carbons (Fsp3) is 0.364. The maximum atomic E-state index is 13.5. The van der Waals surface area contributed by atoms with Crippen LogP contribution >= 0.6 is 11.8 Å². The van der Waals surface area contributed by atoms with E-state index in [0.29, 0.717) is 5.75 Å². The summed E-state index contributed by atoms with van der Waals surface area (Å²) < 4.78 is 37.3. The van der Waals surface area contributed by atoms with E-state index in [1.54, 1.807) is 6.26 Å². The highest BCUT2D eigenvalue weighted by atomic mass is 32.2. The largest absolute Gasteiger partial charge is 0.478 e. The fourth-order valence-electron chi connectivity index (χ4n) is 1.38. The molecule has 0 aliphatic carbocycles. The van der Waals surface area contributed by atoms with Gasteiger partial charge in [-0.15, -0.1) is 0 Å². The van der Waals surface area contributed by atoms with Crippen molar-refractivity contribution in [2.24, 2.45) is 0 Å². The molecule has 0 aromatic heterocycles. The van der Waals surface area contributed by atoms with Crippen LogP contribution in [0.2, 0.25) is 0 Å². The van der Waals surface area contributed by atoms with Crippen molar-refractivity contribution in [3.05, 3.63) is 29.1 Å². The summed E-state index contributed by atoms with van der Waals surface area (Å²) in [7, 11) is -3.57. The normalized spacial score (nSPS) is 11.5. The molecule has 0 fully saturated rings. The lowest BCUT2D eigenvalue weighted by molar-refractivity contribution is 0.0691. The number of halogens is 1. The van der Waals surface area contributed by atoms with Crippen molar-refractivity contribution < 1.29 is 22.7 Å². The van der Waals surface area contributed by atoms with Gasteiger partial charge in [0.25, 0.3) is 0 Å². The second kappa shape index (κ2) is 5.71. The summed E-state index contributed by atoms with van der Waals surface area (Å²) in [6.07, 6.45) is 1.77. The van der Waals surface area contributed by atoms with Gasteiger partial charge in [0.15, 0.2) is 9.84 Å². The van der Waals surface area contributed by atoms with Crippen LogP contribution in [-0.4, -0.2) is 37.3 Å². The number of hydrogen-bond donors (Lipinski definition) is 1. The summed E-state index contributed by atoms with van der Waals surface area (Å²) in [6.45, 7) is 1.34. The van der Waals surface area contributed by atoms with Crippen molar-refractivity contribution >= 4 is 27.6 Å². The van der Waals surface area contributed by atoms with E-state index >= 15 is 0 Å². The number of aryl methyl sites for hydroxylation is 1. The summed E-state index contributed by atoms with van der Waals surface area (Å²) in [5.74, 6) is -2.07. The van der Waals surface area contributed by atoms with E-state index < -0.39 is 27.2 Å². The maximum absolute atomic E-state index is 13.5. The van der Waals surface area contributed by atoms with Crippen LogP contribution in [0.15, 0.2) is 17.0 Å². The second-order valence-electron chi connectivity index (χ2n) is 3.72. The molecule has 4 nitrogen and oxygen atoms in total. The van der Waals surface area contributed by atoms with Crippen molar-refractivity contribution in [2.75, 3.05) is 17.8 Å². The van der Waals surface area contributed by atoms with Crippen molar-refractivity contribution in [1.29, 1.82) is 0 Å². The van der Waals surface area contributed by atoms with Gasteiger partial charge in [-0.25, -0.2) is 17.6 Å². The van der Waals surface area contributed by atoms with Crippen LogP contribution in [0.5, 0.6) is 0 Å². The Bertz CT molecular complexity index is 567. The van der Waals surface area contributed by atoms with Crippen LogP contribution in [0.25, 0.3) is 0 Å². The molecular weight excluding hydrogens is 279 g/mol. The van der Waals surface area contributed by atoms with E-state index in [2.05, 4.69) is 0 Å². The first-order valence-corrected chi connectivity index (χ1v) is 8.09. The van der Waals surface area contributed by atoms with Gasteiger partial charge in [0.1, 0.15) is 5.82 Å². The monoisotopic (exact) mass is 292 g/mol. The number of aromatic carboxylic acids is 1. The molecule has 1 aromatic carbocycles. The number of carboxylic acid groups (broad SMARTS) is 1. The number of thioether (sulfide) groups is 1. The van der Waals surface area contributed by atoms with Gasteiger partial charge in [-0.05, 0) is 30.9 Å². The SMILES string of the molecule is CSCCS(=O)(=O)c1cc(C)c(F)c(C(=O)O)c1. The standard InChI is InChI=1S/C11H13FO4S2/c1-7-5-8(18(15,16)4-3-17-2)6-9(10(7)12)11(13)14/h5-6H,3-4H2,1-2H3,(H,13,14). The number of carbonyl (C=O) groups is 1. The van der Waals surface area contributed by atoms with Crippen LogP contribution in [0.1, 0.15) is 15.9 Å². The summed E-state index contributed by atoms with van der Waals surface area (Å²) in [6, 6.07) is 2.04. The van der Waals surface area contributed by atoms with Gasteiger partial charge in [-0.3, -0.25) is 0 Å². The topological polar surface area (TPSA) is 71.4 Å². The van der Waals surface area contributed by atoms with Gasteiger partial charge in [0.05, 0.1) is 16.2 Å². The molecule has 0 heterocycles. The van der Waals surface area contributed by atoms with Gasteiger partial charge in [0.2, 0.25) is 0 Å². The highest BCUT2D eigenvalue weighted by Crippen LogP contribution is 2.20. The third-order valence-electron chi connectivity index (χ3n) is 2.37. The zero-order valence-corrected chi connectivity index (χ0v) is 11.6. The molecule has 1 N–H and O–H groups in total. The Kier molecular flexibility index (Phi) is 4.75. The number of rotatable bonds is 5. The molecule has 18 heavy (non-hydrogen) atoms. The summed E-state index contributed by atoms with van der Waals surface area (Å²) in [5, 5.41) is 8.82. The number of carboxylic acids is 1. The van der Waals surface area contributed by atoms with Crippen molar-refractivity contribution in [3.63, 3.8) is 0 Å². The molecule has 0 aliphatic heterocycles. The van der Waals surface area contributed by atoms with Crippen LogP contribution in [0.4, 0.5) is 4.39 Å². The quantitative estimate of drug-likeness (QED) is 0.840. The third kappa shape index (κ3) is 3.23. The summed E-state index contributed by atoms with van der Waals surface area (Å²) >= 11 is 1.37. The minimum Gasteiger partial charge on any atom is -0.478 e. The molecule has 0 spiro atoms. The molecule has 0 atom stereocenters. The zero-order chi connectivity index (χ0) is 13.9. The Morgan fingerprint density at radius 1 is 1.44 bits per heavy atom. The molecule has 1 aromatic rings. The van der Waals surface area contributed by atoms with Crippen LogP contribution in [-0.2, 0) is 9.84 Å². The van der Waals surface area contributed by atoms with E-state index in [9.17, 15) is 17.6 Å². The Balaban J connectivity index is 3.31. The van der Waals surface area contributed by atoms with Crippen molar-refractivity contribution in [3.8, 4) is 0 Å². The smallest absolute Gasteiger partial charge is 0.338 e. The molecule has 100 valence electrons. The molecule has 0 saturated carbocycles. The molecule has 7 heteroatoms. The first-order chi connectivity index (χ1) is 8.29. The van der Waals surface area contributed by atoms with E-state index in [1.165, 1.54) is 18.7 Å². The Labute approximate surface area is 109 Å². The lowest BCUT2D eigenvalue weighted by Gasteiger charge is -2.07. The van der Waals surface area contributed by atoms with Crippen molar-refractivity contribution in [1.82, 2.24) is 0 Å². The molecule has 0 unspecified atom stereocenters. The van der Waals surface area contributed by atoms with Gasteiger partial charge in [0, 0.05) is 5.75 Å². The van der Waals surface area contributed by atoms with Crippen LogP contribution in [0, 0.1) is 12.7 Å². The van der Waals surface area contributed by atoms with Gasteiger partial charge in [-0.2, -0.15) is 11.8 Å². The minimum atomic E-state index is -3.57. The maximum Gasteiger partial charge on any atom is 0.338 e. The van der Waals surface area contributed by atoms with Gasteiger partial charge < -0.3 is 5.11 Å². The molecule has 1 rings (SSSR count). The van der Waals surface area contributed by atoms with E-state index in [4.69, 9.17) is 5.11 Å². The van der Waals surface area contributed by atoms with Crippen molar-refractivity contribution in [2.45, 2.75) is 11.8 Å². The molecule has 0 bridgehead atoms. The van der Waals surface area contributed by atoms with E-state index in [0.717, 1.165) is 12.1 Å². The predicted octanol–water partition coefficient (Wildman–Crippen LogP) is 1.97. The molecule has 0 saturated heterocycles. The Morgan fingerprint density at radius 2 is 2.06 bits per heavy atom. The van der Waals surface area contributed by atoms with Gasteiger partial charge >= 0.3 is 5.97 Å². The number of benzene rings is 1. The van der Waals surface area contributed by atoms with Crippen LogP contribution in [0.3, 0.4) is 0 Å². The predicted molar refractivity (Wildman–Crippen MR) is 68.5 cm³/mol. The average molecular weight is 292 g/mol. The zero-order valence-electron chi connectivity index (χ0n) is 9.94. The fourth-order valence-corrected chi connectivity index (χ4v) is 3.82. The molecule has 0 radical (unpaired) electrons. The lowest BCUT2D eigenvalue weighted by atomic mass is 10.1. The Hall–Kier alpha value is -1.08. The first-order valence-electron chi connectivity index (χ1n) is 5.04. The Morgan fingerprint density at radius 3 is 2.56 bits per heavy atom. The molecule has 0 amide bonds. The summed E-state index contributed by atoms with van der Waals surface area (Å²) in [4.78, 5) is 10.7. The third-order valence-corrected chi connectivity index (χ3v) is 4.94. The highest BCUT2D eigenvalue weighted by molar-refractivity contribution is 8.00. The van der Waals surface area contributed by atoms with E-state index in [-0.39, 0.29) is 16.2 Å². The molecule has 0 aliphatic rings. The van der Waals surface area contributed by atoms with Crippen LogP contribution < -0.4 is 0 Å². The van der Waals surface area contributed by atoms with Gasteiger partial charge in [-0.1, -0.05) is 0 Å². The number of sulfone groups is 1. The van der Waals surface area contributed by atoms with E-state index in [1.807, 2.05) is 0 Å². The average Bonchev–Trinajstić information content (AvgIpc) is 2.29.